The lowest BCUT2D eigenvalue weighted by Gasteiger charge is -2.21. The number of aryl methyl sites for hydroxylation is 1. The summed E-state index contributed by atoms with van der Waals surface area (Å²) in [6, 6.07) is 15.5. The maximum absolute atomic E-state index is 10.9. The second-order valence-corrected chi connectivity index (χ2v) is 6.10. The van der Waals surface area contributed by atoms with Gasteiger partial charge in [0.1, 0.15) is 16.9 Å². The zero-order chi connectivity index (χ0) is 14.3. The van der Waals surface area contributed by atoms with Crippen LogP contribution in [-0.4, -0.2) is 5.11 Å². The minimum absolute atomic E-state index is 0.555. The maximum Gasteiger partial charge on any atom is 0.144 e. The van der Waals surface area contributed by atoms with E-state index in [-0.39, 0.29) is 0 Å². The first-order valence-electron chi connectivity index (χ1n) is 6.46. The zero-order valence-electron chi connectivity index (χ0n) is 11.4. The lowest BCUT2D eigenvalue weighted by Crippen LogP contribution is -2.21. The molecule has 1 heterocycles. The second-order valence-electron chi connectivity index (χ2n) is 5.19. The molecule has 3 heteroatoms. The van der Waals surface area contributed by atoms with E-state index >= 15 is 0 Å². The molecule has 0 aliphatic carbocycles. The number of aliphatic hydroxyl groups is 1. The minimum Gasteiger partial charge on any atom is -0.457 e. The van der Waals surface area contributed by atoms with E-state index < -0.39 is 5.60 Å². The summed E-state index contributed by atoms with van der Waals surface area (Å²) in [5.74, 6) is 0.555. The summed E-state index contributed by atoms with van der Waals surface area (Å²) in [5, 5.41) is 11.9. The van der Waals surface area contributed by atoms with Crippen LogP contribution in [0.5, 0.6) is 0 Å². The molecule has 3 aromatic rings. The van der Waals surface area contributed by atoms with Crippen molar-refractivity contribution in [3.63, 3.8) is 0 Å². The quantitative estimate of drug-likeness (QED) is 0.734. The Bertz CT molecular complexity index is 772. The van der Waals surface area contributed by atoms with Crippen molar-refractivity contribution in [3.05, 3.63) is 69.9 Å². The fourth-order valence-corrected chi connectivity index (χ4v) is 2.78. The van der Waals surface area contributed by atoms with Gasteiger partial charge in [-0.2, -0.15) is 0 Å². The van der Waals surface area contributed by atoms with Crippen LogP contribution in [0.15, 0.2) is 57.4 Å². The van der Waals surface area contributed by atoms with Gasteiger partial charge in [-0.3, -0.25) is 0 Å². The first-order chi connectivity index (χ1) is 9.48. The molecular weight excluding hydrogens is 316 g/mol. The van der Waals surface area contributed by atoms with Crippen molar-refractivity contribution in [1.82, 2.24) is 0 Å². The van der Waals surface area contributed by atoms with Crippen LogP contribution in [0.25, 0.3) is 11.0 Å². The van der Waals surface area contributed by atoms with Crippen LogP contribution in [0.3, 0.4) is 0 Å². The highest BCUT2D eigenvalue weighted by molar-refractivity contribution is 9.10. The average molecular weight is 331 g/mol. The van der Waals surface area contributed by atoms with Gasteiger partial charge >= 0.3 is 0 Å². The molecule has 1 aromatic heterocycles. The van der Waals surface area contributed by atoms with Gasteiger partial charge < -0.3 is 9.52 Å². The van der Waals surface area contributed by atoms with Gasteiger partial charge in [0.15, 0.2) is 0 Å². The molecule has 1 unspecified atom stereocenters. The number of para-hydroxylation sites is 1. The van der Waals surface area contributed by atoms with Gasteiger partial charge in [-0.25, -0.2) is 0 Å². The van der Waals surface area contributed by atoms with Gasteiger partial charge in [0.05, 0.1) is 0 Å². The summed E-state index contributed by atoms with van der Waals surface area (Å²) in [6.07, 6.45) is 0. The Morgan fingerprint density at radius 3 is 2.55 bits per heavy atom. The third kappa shape index (κ3) is 2.17. The normalized spacial score (nSPS) is 14.4. The van der Waals surface area contributed by atoms with Gasteiger partial charge in [-0.15, -0.1) is 0 Å². The number of furan rings is 1. The third-order valence-corrected chi connectivity index (χ3v) is 4.10. The molecule has 0 saturated heterocycles. The molecule has 0 saturated carbocycles. The number of benzene rings is 2. The molecule has 0 amide bonds. The van der Waals surface area contributed by atoms with E-state index in [2.05, 4.69) is 15.9 Å². The van der Waals surface area contributed by atoms with Gasteiger partial charge in [0, 0.05) is 9.86 Å². The Morgan fingerprint density at radius 2 is 1.85 bits per heavy atom. The molecule has 20 heavy (non-hydrogen) atoms. The van der Waals surface area contributed by atoms with Crippen LogP contribution < -0.4 is 0 Å². The van der Waals surface area contributed by atoms with Crippen LogP contribution in [-0.2, 0) is 5.60 Å². The lowest BCUT2D eigenvalue weighted by atomic mass is 9.93. The molecule has 0 bridgehead atoms. The fourth-order valence-electron chi connectivity index (χ4n) is 2.38. The Kier molecular flexibility index (Phi) is 3.19. The molecule has 1 atom stereocenters. The van der Waals surface area contributed by atoms with Gasteiger partial charge in [0.2, 0.25) is 0 Å². The number of halogens is 1. The number of fused-ring (bicyclic) bond motifs is 1. The van der Waals surface area contributed by atoms with Crippen LogP contribution in [0, 0.1) is 6.92 Å². The van der Waals surface area contributed by atoms with E-state index in [0.29, 0.717) is 5.76 Å². The number of hydrogen-bond donors (Lipinski definition) is 1. The summed E-state index contributed by atoms with van der Waals surface area (Å²) in [7, 11) is 0. The minimum atomic E-state index is -1.16. The molecule has 3 rings (SSSR count). The van der Waals surface area contributed by atoms with E-state index in [0.717, 1.165) is 26.6 Å². The molecule has 102 valence electrons. The first-order valence-corrected chi connectivity index (χ1v) is 7.26. The third-order valence-electron chi connectivity index (χ3n) is 3.61. The maximum atomic E-state index is 10.9. The van der Waals surface area contributed by atoms with Crippen molar-refractivity contribution in [3.8, 4) is 0 Å². The molecule has 0 radical (unpaired) electrons. The molecule has 1 N–H and O–H groups in total. The summed E-state index contributed by atoms with van der Waals surface area (Å²) >= 11 is 3.43. The molecule has 0 spiro atoms. The molecule has 2 aromatic carbocycles. The van der Waals surface area contributed by atoms with E-state index in [1.807, 2.05) is 55.5 Å². The van der Waals surface area contributed by atoms with E-state index in [1.165, 1.54) is 0 Å². The van der Waals surface area contributed by atoms with Crippen LogP contribution in [0.1, 0.15) is 23.8 Å². The van der Waals surface area contributed by atoms with Crippen LogP contribution >= 0.6 is 15.9 Å². The molecule has 0 aliphatic rings. The summed E-state index contributed by atoms with van der Waals surface area (Å²) < 4.78 is 6.83. The van der Waals surface area contributed by atoms with Crippen molar-refractivity contribution in [2.45, 2.75) is 19.4 Å². The van der Waals surface area contributed by atoms with Gasteiger partial charge in [-0.1, -0.05) is 46.3 Å². The second kappa shape index (κ2) is 4.76. The van der Waals surface area contributed by atoms with E-state index in [9.17, 15) is 5.11 Å². The lowest BCUT2D eigenvalue weighted by molar-refractivity contribution is 0.0785. The molecular formula is C17H15BrO2. The highest BCUT2D eigenvalue weighted by Crippen LogP contribution is 2.35. The predicted molar refractivity (Wildman–Crippen MR) is 83.8 cm³/mol. The zero-order valence-corrected chi connectivity index (χ0v) is 12.9. The monoisotopic (exact) mass is 330 g/mol. The van der Waals surface area contributed by atoms with Crippen molar-refractivity contribution < 1.29 is 9.52 Å². The summed E-state index contributed by atoms with van der Waals surface area (Å²) in [6.45, 7) is 3.76. The van der Waals surface area contributed by atoms with Crippen molar-refractivity contribution in [2.24, 2.45) is 0 Å². The van der Waals surface area contributed by atoms with E-state index in [1.54, 1.807) is 6.92 Å². The topological polar surface area (TPSA) is 33.4 Å². The largest absolute Gasteiger partial charge is 0.457 e. The standard InChI is InChI=1S/C17H15BrO2/c1-11-5-3-6-12-9-15(20-16(11)12)17(2,19)13-7-4-8-14(18)10-13/h3-10,19H,1-2H3. The molecule has 2 nitrogen and oxygen atoms in total. The number of rotatable bonds is 2. The Morgan fingerprint density at radius 1 is 1.10 bits per heavy atom. The first kappa shape index (κ1) is 13.4. The van der Waals surface area contributed by atoms with Crippen molar-refractivity contribution in [2.75, 3.05) is 0 Å². The summed E-state index contributed by atoms with van der Waals surface area (Å²) in [4.78, 5) is 0. The molecule has 0 fully saturated rings. The van der Waals surface area contributed by atoms with Crippen molar-refractivity contribution in [1.29, 1.82) is 0 Å². The SMILES string of the molecule is Cc1cccc2cc(C(C)(O)c3cccc(Br)c3)oc12. The van der Waals surface area contributed by atoms with Crippen molar-refractivity contribution >= 4 is 26.9 Å². The highest BCUT2D eigenvalue weighted by atomic mass is 79.9. The van der Waals surface area contributed by atoms with Gasteiger partial charge in [-0.05, 0) is 43.2 Å². The van der Waals surface area contributed by atoms with E-state index in [4.69, 9.17) is 4.42 Å². The smallest absolute Gasteiger partial charge is 0.144 e. The highest BCUT2D eigenvalue weighted by Gasteiger charge is 2.30. The fraction of sp³-hybridized carbons (Fsp3) is 0.176. The Balaban J connectivity index is 2.16. The predicted octanol–water partition coefficient (Wildman–Crippen LogP) is 4.76. The van der Waals surface area contributed by atoms with Crippen LogP contribution in [0.4, 0.5) is 0 Å². The molecule has 0 aliphatic heterocycles. The average Bonchev–Trinajstić information content (AvgIpc) is 2.85. The summed E-state index contributed by atoms with van der Waals surface area (Å²) in [5.41, 5.74) is 1.54. The Labute approximate surface area is 126 Å². The van der Waals surface area contributed by atoms with Crippen LogP contribution in [0.2, 0.25) is 0 Å². The number of hydrogen-bond acceptors (Lipinski definition) is 2. The Hall–Kier alpha value is -1.58. The van der Waals surface area contributed by atoms with Gasteiger partial charge in [0.25, 0.3) is 0 Å².